The summed E-state index contributed by atoms with van der Waals surface area (Å²) in [7, 11) is 0. The molecule has 0 saturated heterocycles. The Kier molecular flexibility index (Phi) is 10.8. The zero-order chi connectivity index (χ0) is 18.7. The van der Waals surface area contributed by atoms with Crippen LogP contribution >= 0.6 is 0 Å². The molecular formula is C20H34FNO2. The number of amides is 1. The van der Waals surface area contributed by atoms with Gasteiger partial charge in [0.15, 0.2) is 0 Å². The molecule has 2 rings (SSSR count). The van der Waals surface area contributed by atoms with Gasteiger partial charge in [0, 0.05) is 20.4 Å². The second-order valence-electron chi connectivity index (χ2n) is 5.28. The third-order valence-corrected chi connectivity index (χ3v) is 3.77. The Morgan fingerprint density at radius 2 is 1.75 bits per heavy atom. The summed E-state index contributed by atoms with van der Waals surface area (Å²) < 4.78 is 12.9. The molecule has 0 fully saturated rings. The predicted molar refractivity (Wildman–Crippen MR) is 100 cm³/mol. The normalized spacial score (nSPS) is 16.9. The molecule has 1 atom stereocenters. The van der Waals surface area contributed by atoms with E-state index in [4.69, 9.17) is 0 Å². The SMILES string of the molecule is CC.CC.CCCC1CC(O)=C(C)C(=O)N1Cc1ccc(F)cc1.[HH]. The first-order valence-electron chi connectivity index (χ1n) is 8.97. The van der Waals surface area contributed by atoms with Gasteiger partial charge in [-0.3, -0.25) is 4.79 Å². The van der Waals surface area contributed by atoms with Crippen molar-refractivity contribution in [2.24, 2.45) is 0 Å². The number of aliphatic hydroxyl groups excluding tert-OH is 1. The van der Waals surface area contributed by atoms with Crippen molar-refractivity contribution in [3.05, 3.63) is 47.0 Å². The zero-order valence-corrected chi connectivity index (χ0v) is 15.9. The number of aliphatic hydroxyl groups is 1. The Morgan fingerprint density at radius 1 is 1.21 bits per heavy atom. The highest BCUT2D eigenvalue weighted by molar-refractivity contribution is 5.94. The standard InChI is InChI=1S/C16H20FNO2.2C2H6.H2/c1-3-4-14-9-15(19)11(2)16(20)18(14)10-12-5-7-13(17)8-6-12;2*1-2;/h5-8,14,19H,3-4,9-10H2,1-2H3;2*1-2H3;1H. The summed E-state index contributed by atoms with van der Waals surface area (Å²) in [5.41, 5.74) is 1.31. The van der Waals surface area contributed by atoms with Crippen molar-refractivity contribution < 1.29 is 15.7 Å². The molecule has 1 aromatic rings. The first-order chi connectivity index (χ1) is 11.5. The van der Waals surface area contributed by atoms with Crippen molar-refractivity contribution >= 4 is 5.91 Å². The lowest BCUT2D eigenvalue weighted by atomic mass is 9.96. The minimum absolute atomic E-state index is 0. The van der Waals surface area contributed by atoms with Crippen molar-refractivity contribution in [1.82, 2.24) is 4.90 Å². The van der Waals surface area contributed by atoms with Crippen molar-refractivity contribution in [1.29, 1.82) is 0 Å². The van der Waals surface area contributed by atoms with Gasteiger partial charge in [0.2, 0.25) is 0 Å². The van der Waals surface area contributed by atoms with Crippen LogP contribution in [0.5, 0.6) is 0 Å². The molecule has 0 spiro atoms. The van der Waals surface area contributed by atoms with E-state index in [9.17, 15) is 14.3 Å². The van der Waals surface area contributed by atoms with Gasteiger partial charge in [-0.1, -0.05) is 53.2 Å². The summed E-state index contributed by atoms with van der Waals surface area (Å²) in [6.45, 7) is 12.2. The molecule has 1 aliphatic heterocycles. The van der Waals surface area contributed by atoms with E-state index >= 15 is 0 Å². The van der Waals surface area contributed by atoms with Gasteiger partial charge in [0.25, 0.3) is 5.91 Å². The van der Waals surface area contributed by atoms with E-state index in [2.05, 4.69) is 6.92 Å². The largest absolute Gasteiger partial charge is 0.512 e. The van der Waals surface area contributed by atoms with Gasteiger partial charge in [0.1, 0.15) is 11.6 Å². The smallest absolute Gasteiger partial charge is 0.253 e. The molecule has 0 aliphatic carbocycles. The molecule has 1 aliphatic rings. The molecule has 1 unspecified atom stereocenters. The molecule has 24 heavy (non-hydrogen) atoms. The Hall–Kier alpha value is -1.84. The third kappa shape index (κ3) is 5.99. The fraction of sp³-hybridized carbons (Fsp3) is 0.550. The summed E-state index contributed by atoms with van der Waals surface area (Å²) in [5.74, 6) is -0.210. The Labute approximate surface area is 147 Å². The van der Waals surface area contributed by atoms with Crippen LogP contribution in [0.3, 0.4) is 0 Å². The van der Waals surface area contributed by atoms with E-state index in [-0.39, 0.29) is 25.0 Å². The van der Waals surface area contributed by atoms with Gasteiger partial charge < -0.3 is 10.0 Å². The number of halogens is 1. The van der Waals surface area contributed by atoms with Crippen LogP contribution in [0, 0.1) is 5.82 Å². The summed E-state index contributed by atoms with van der Waals surface area (Å²) in [6.07, 6.45) is 2.31. The van der Waals surface area contributed by atoms with Crippen LogP contribution in [-0.4, -0.2) is 22.0 Å². The maximum Gasteiger partial charge on any atom is 0.253 e. The summed E-state index contributed by atoms with van der Waals surface area (Å²) in [4.78, 5) is 14.1. The molecule has 0 saturated carbocycles. The third-order valence-electron chi connectivity index (χ3n) is 3.77. The number of carbonyl (C=O) groups is 1. The van der Waals surface area contributed by atoms with Crippen LogP contribution in [0.1, 0.15) is 67.8 Å². The minimum Gasteiger partial charge on any atom is -0.512 e. The van der Waals surface area contributed by atoms with E-state index in [0.29, 0.717) is 18.5 Å². The van der Waals surface area contributed by atoms with Gasteiger partial charge in [-0.15, -0.1) is 0 Å². The second kappa shape index (κ2) is 11.7. The lowest BCUT2D eigenvalue weighted by Crippen LogP contribution is -2.44. The van der Waals surface area contributed by atoms with Crippen molar-refractivity contribution in [3.63, 3.8) is 0 Å². The molecule has 1 heterocycles. The van der Waals surface area contributed by atoms with Crippen LogP contribution in [-0.2, 0) is 11.3 Å². The molecule has 0 aromatic heterocycles. The van der Waals surface area contributed by atoms with E-state index in [0.717, 1.165) is 18.4 Å². The monoisotopic (exact) mass is 339 g/mol. The lowest BCUT2D eigenvalue weighted by molar-refractivity contribution is -0.131. The second-order valence-corrected chi connectivity index (χ2v) is 5.28. The van der Waals surface area contributed by atoms with Gasteiger partial charge in [-0.05, 0) is 31.0 Å². The van der Waals surface area contributed by atoms with E-state index < -0.39 is 0 Å². The number of benzene rings is 1. The van der Waals surface area contributed by atoms with Gasteiger partial charge in [0.05, 0.1) is 5.57 Å². The number of rotatable bonds is 4. The van der Waals surface area contributed by atoms with Gasteiger partial charge in [-0.2, -0.15) is 0 Å². The Bertz CT molecular complexity index is 529. The molecule has 1 amide bonds. The van der Waals surface area contributed by atoms with Crippen LogP contribution in [0.4, 0.5) is 4.39 Å². The number of nitrogens with zero attached hydrogens (tertiary/aromatic N) is 1. The van der Waals surface area contributed by atoms with Crippen LogP contribution in [0.2, 0.25) is 0 Å². The average Bonchev–Trinajstić information content (AvgIpc) is 2.62. The zero-order valence-electron chi connectivity index (χ0n) is 15.9. The summed E-state index contributed by atoms with van der Waals surface area (Å²) >= 11 is 0. The fourth-order valence-corrected chi connectivity index (χ4v) is 2.57. The Morgan fingerprint density at radius 3 is 2.25 bits per heavy atom. The molecule has 0 bridgehead atoms. The maximum absolute atomic E-state index is 12.9. The minimum atomic E-state index is -0.280. The van der Waals surface area contributed by atoms with Crippen molar-refractivity contribution in [2.45, 2.75) is 73.4 Å². The van der Waals surface area contributed by atoms with Crippen LogP contribution < -0.4 is 0 Å². The first-order valence-corrected chi connectivity index (χ1v) is 8.97. The molecule has 138 valence electrons. The molecule has 1 N–H and O–H groups in total. The topological polar surface area (TPSA) is 40.5 Å². The van der Waals surface area contributed by atoms with Gasteiger partial charge in [-0.25, -0.2) is 4.39 Å². The first kappa shape index (κ1) is 22.2. The van der Waals surface area contributed by atoms with E-state index in [1.807, 2.05) is 27.7 Å². The highest BCUT2D eigenvalue weighted by Gasteiger charge is 2.31. The number of hydrogen-bond donors (Lipinski definition) is 1. The van der Waals surface area contributed by atoms with E-state index in [1.165, 1.54) is 12.1 Å². The number of hydrogen-bond acceptors (Lipinski definition) is 2. The van der Waals surface area contributed by atoms with Crippen molar-refractivity contribution in [2.75, 3.05) is 0 Å². The summed E-state index contributed by atoms with van der Waals surface area (Å²) in [5, 5.41) is 9.85. The highest BCUT2D eigenvalue weighted by Crippen LogP contribution is 2.27. The summed E-state index contributed by atoms with van der Waals surface area (Å²) in [6, 6.07) is 6.21. The van der Waals surface area contributed by atoms with Gasteiger partial charge >= 0.3 is 0 Å². The fourth-order valence-electron chi connectivity index (χ4n) is 2.57. The molecule has 3 nitrogen and oxygen atoms in total. The molecule has 0 radical (unpaired) electrons. The van der Waals surface area contributed by atoms with Crippen molar-refractivity contribution in [3.8, 4) is 0 Å². The van der Waals surface area contributed by atoms with Crippen LogP contribution in [0.25, 0.3) is 0 Å². The highest BCUT2D eigenvalue weighted by atomic mass is 19.1. The lowest BCUT2D eigenvalue weighted by Gasteiger charge is -2.36. The molecule has 1 aromatic carbocycles. The maximum atomic E-state index is 12.9. The van der Waals surface area contributed by atoms with Crippen LogP contribution in [0.15, 0.2) is 35.6 Å². The predicted octanol–water partition coefficient (Wildman–Crippen LogP) is 5.86. The molecular weight excluding hydrogens is 305 g/mol. The quantitative estimate of drug-likeness (QED) is 0.746. The average molecular weight is 339 g/mol. The number of carbonyl (C=O) groups excluding carboxylic acids is 1. The Balaban J connectivity index is 0. The van der Waals surface area contributed by atoms with E-state index in [1.54, 1.807) is 24.0 Å². The molecule has 4 heteroatoms.